The number of aromatic nitrogens is 2. The van der Waals surface area contributed by atoms with Gasteiger partial charge in [-0.25, -0.2) is 4.85 Å². The maximum Gasteiger partial charge on any atom is 0.187 e. The van der Waals surface area contributed by atoms with E-state index < -0.39 is 0 Å². The Labute approximate surface area is 277 Å². The average molecular weight is 611 g/mol. The van der Waals surface area contributed by atoms with Gasteiger partial charge in [0.1, 0.15) is 0 Å². The van der Waals surface area contributed by atoms with Crippen LogP contribution in [0, 0.1) is 17.9 Å². The lowest BCUT2D eigenvalue weighted by Gasteiger charge is -2.24. The Balaban J connectivity index is 1.54. The standard InChI is InChI=1S/C44H26N4/c1-46-32-24-22-31(23-25-32)34-27-26-33(30-20-18-29(28-45)19-21-30)43(47-39-14-6-2-10-35(39)36-11-3-7-15-40(36)47)44(34)48-41-16-8-4-12-37(41)38-13-5-9-17-42(38)48/h2-27H. The van der Waals surface area contributed by atoms with Crippen LogP contribution in [0.2, 0.25) is 0 Å². The van der Waals surface area contributed by atoms with E-state index >= 15 is 0 Å². The molecule has 7 aromatic carbocycles. The second-order valence-electron chi connectivity index (χ2n) is 11.9. The lowest BCUT2D eigenvalue weighted by Crippen LogP contribution is -2.08. The second kappa shape index (κ2) is 10.9. The van der Waals surface area contributed by atoms with Crippen molar-refractivity contribution in [3.63, 3.8) is 0 Å². The molecule has 0 fully saturated rings. The quantitative estimate of drug-likeness (QED) is 0.183. The van der Waals surface area contributed by atoms with Gasteiger partial charge in [-0.3, -0.25) is 0 Å². The zero-order valence-electron chi connectivity index (χ0n) is 25.8. The molecule has 48 heavy (non-hydrogen) atoms. The van der Waals surface area contributed by atoms with Crippen molar-refractivity contribution in [3.8, 4) is 39.7 Å². The molecular weight excluding hydrogens is 585 g/mol. The van der Waals surface area contributed by atoms with Gasteiger partial charge in [-0.2, -0.15) is 5.26 Å². The first-order valence-corrected chi connectivity index (χ1v) is 15.9. The van der Waals surface area contributed by atoms with Crippen LogP contribution < -0.4 is 0 Å². The molecule has 0 radical (unpaired) electrons. The van der Waals surface area contributed by atoms with Crippen LogP contribution in [0.25, 0.3) is 82.1 Å². The minimum absolute atomic E-state index is 0.606. The first kappa shape index (κ1) is 27.4. The normalized spacial score (nSPS) is 11.3. The van der Waals surface area contributed by atoms with Gasteiger partial charge in [0.15, 0.2) is 5.69 Å². The number of rotatable bonds is 4. The van der Waals surface area contributed by atoms with Crippen LogP contribution in [0.4, 0.5) is 5.69 Å². The van der Waals surface area contributed by atoms with Gasteiger partial charge in [0, 0.05) is 32.7 Å². The summed E-state index contributed by atoms with van der Waals surface area (Å²) in [6, 6.07) is 56.9. The number of nitriles is 1. The first-order chi connectivity index (χ1) is 23.7. The van der Waals surface area contributed by atoms with Crippen molar-refractivity contribution in [2.75, 3.05) is 0 Å². The van der Waals surface area contributed by atoms with E-state index in [9.17, 15) is 5.26 Å². The summed E-state index contributed by atoms with van der Waals surface area (Å²) in [6.45, 7) is 7.59. The number of hydrogen-bond donors (Lipinski definition) is 0. The topological polar surface area (TPSA) is 38.0 Å². The highest BCUT2D eigenvalue weighted by molar-refractivity contribution is 6.13. The molecule has 0 saturated heterocycles. The molecule has 4 nitrogen and oxygen atoms in total. The van der Waals surface area contributed by atoms with E-state index in [1.807, 2.05) is 36.4 Å². The molecule has 2 heterocycles. The largest absolute Gasteiger partial charge is 0.307 e. The van der Waals surface area contributed by atoms with Crippen molar-refractivity contribution in [1.29, 1.82) is 5.26 Å². The summed E-state index contributed by atoms with van der Waals surface area (Å²) in [7, 11) is 0. The van der Waals surface area contributed by atoms with Crippen LogP contribution in [-0.4, -0.2) is 9.13 Å². The average Bonchev–Trinajstić information content (AvgIpc) is 3.67. The third-order valence-electron chi connectivity index (χ3n) is 9.39. The van der Waals surface area contributed by atoms with Crippen LogP contribution in [0.15, 0.2) is 158 Å². The molecule has 0 atom stereocenters. The molecule has 0 spiro atoms. The minimum atomic E-state index is 0.606. The highest BCUT2D eigenvalue weighted by Gasteiger charge is 2.25. The number of para-hydroxylation sites is 4. The van der Waals surface area contributed by atoms with Crippen LogP contribution in [0.5, 0.6) is 0 Å². The molecule has 0 bridgehead atoms. The molecule has 222 valence electrons. The Hall–Kier alpha value is -6.88. The number of fused-ring (bicyclic) bond motifs is 6. The molecule has 0 N–H and O–H groups in total. The predicted octanol–water partition coefficient (Wildman–Crippen LogP) is 11.6. The maximum atomic E-state index is 9.63. The number of nitrogens with zero attached hydrogens (tertiary/aromatic N) is 4. The molecule has 0 aliphatic heterocycles. The molecule has 0 amide bonds. The van der Waals surface area contributed by atoms with Gasteiger partial charge in [-0.05, 0) is 47.5 Å². The molecule has 0 aliphatic carbocycles. The Kier molecular flexibility index (Phi) is 6.22. The molecule has 4 heteroatoms. The predicted molar refractivity (Wildman–Crippen MR) is 197 cm³/mol. The maximum absolute atomic E-state index is 9.63. The zero-order valence-corrected chi connectivity index (χ0v) is 25.8. The SMILES string of the molecule is [C-]#[N+]c1ccc(-c2ccc(-c3ccc(C#N)cc3)c(-n3c4ccccc4c4ccccc43)c2-n2c3ccccc3c3ccccc32)cc1. The first-order valence-electron chi connectivity index (χ1n) is 15.9. The molecule has 2 aromatic heterocycles. The van der Waals surface area contributed by atoms with Gasteiger partial charge >= 0.3 is 0 Å². The third kappa shape index (κ3) is 4.07. The molecule has 0 saturated carbocycles. The number of hydrogen-bond acceptors (Lipinski definition) is 1. The van der Waals surface area contributed by atoms with Crippen LogP contribution >= 0.6 is 0 Å². The van der Waals surface area contributed by atoms with E-state index in [-0.39, 0.29) is 0 Å². The molecular formula is C44H26N4. The van der Waals surface area contributed by atoms with Gasteiger partial charge < -0.3 is 9.13 Å². The van der Waals surface area contributed by atoms with Crippen molar-refractivity contribution >= 4 is 49.3 Å². The summed E-state index contributed by atoms with van der Waals surface area (Å²) in [5, 5.41) is 14.4. The van der Waals surface area contributed by atoms with E-state index in [0.29, 0.717) is 11.3 Å². The number of benzene rings is 7. The van der Waals surface area contributed by atoms with Gasteiger partial charge in [-0.15, -0.1) is 0 Å². The molecule has 9 aromatic rings. The summed E-state index contributed by atoms with van der Waals surface area (Å²) in [6.07, 6.45) is 0. The van der Waals surface area contributed by atoms with Crippen molar-refractivity contribution in [2.45, 2.75) is 0 Å². The van der Waals surface area contributed by atoms with Gasteiger partial charge in [-0.1, -0.05) is 121 Å². The highest BCUT2D eigenvalue weighted by Crippen LogP contribution is 2.46. The summed E-state index contributed by atoms with van der Waals surface area (Å²) in [4.78, 5) is 3.67. The zero-order chi connectivity index (χ0) is 32.2. The molecule has 9 rings (SSSR count). The Morgan fingerprint density at radius 2 is 0.792 bits per heavy atom. The fourth-order valence-corrected chi connectivity index (χ4v) is 7.26. The van der Waals surface area contributed by atoms with E-state index in [2.05, 4.69) is 141 Å². The van der Waals surface area contributed by atoms with Gasteiger partial charge in [0.25, 0.3) is 0 Å². The van der Waals surface area contributed by atoms with Crippen molar-refractivity contribution < 1.29 is 0 Å². The lowest BCUT2D eigenvalue weighted by molar-refractivity contribution is 1.10. The van der Waals surface area contributed by atoms with E-state index in [4.69, 9.17) is 6.57 Å². The van der Waals surface area contributed by atoms with Gasteiger partial charge in [0.05, 0.1) is 51.6 Å². The summed E-state index contributed by atoms with van der Waals surface area (Å²) in [5.74, 6) is 0. The Morgan fingerprint density at radius 1 is 0.438 bits per heavy atom. The van der Waals surface area contributed by atoms with E-state index in [1.54, 1.807) is 0 Å². The Morgan fingerprint density at radius 3 is 1.15 bits per heavy atom. The minimum Gasteiger partial charge on any atom is -0.307 e. The van der Waals surface area contributed by atoms with Crippen LogP contribution in [0.3, 0.4) is 0 Å². The Bertz CT molecular complexity index is 2480. The molecule has 0 unspecified atom stereocenters. The van der Waals surface area contributed by atoms with Crippen molar-refractivity contribution in [3.05, 3.63) is 175 Å². The second-order valence-corrected chi connectivity index (χ2v) is 11.9. The monoisotopic (exact) mass is 610 g/mol. The summed E-state index contributed by atoms with van der Waals surface area (Å²) in [5.41, 5.74) is 11.9. The summed E-state index contributed by atoms with van der Waals surface area (Å²) >= 11 is 0. The smallest absolute Gasteiger partial charge is 0.187 e. The van der Waals surface area contributed by atoms with E-state index in [0.717, 1.165) is 55.7 Å². The van der Waals surface area contributed by atoms with Gasteiger partial charge in [0.2, 0.25) is 0 Å². The molecule has 0 aliphatic rings. The fraction of sp³-hybridized carbons (Fsp3) is 0. The van der Waals surface area contributed by atoms with E-state index in [1.165, 1.54) is 21.5 Å². The summed E-state index contributed by atoms with van der Waals surface area (Å²) < 4.78 is 4.82. The fourth-order valence-electron chi connectivity index (χ4n) is 7.26. The lowest BCUT2D eigenvalue weighted by atomic mass is 9.94. The van der Waals surface area contributed by atoms with Crippen molar-refractivity contribution in [2.24, 2.45) is 0 Å². The van der Waals surface area contributed by atoms with Crippen molar-refractivity contribution in [1.82, 2.24) is 9.13 Å². The van der Waals surface area contributed by atoms with Crippen LogP contribution in [0.1, 0.15) is 5.56 Å². The third-order valence-corrected chi connectivity index (χ3v) is 9.39. The highest BCUT2D eigenvalue weighted by atomic mass is 15.1. The van der Waals surface area contributed by atoms with Crippen LogP contribution in [-0.2, 0) is 0 Å².